The molecule has 1 aliphatic heterocycles. The molecule has 1 aromatic heterocycles. The maximum atomic E-state index is 13.4. The van der Waals surface area contributed by atoms with Crippen molar-refractivity contribution >= 4 is 26.9 Å². The number of hydrogen-bond donors (Lipinski definition) is 0. The highest BCUT2D eigenvalue weighted by atomic mass is 32.2. The predicted molar refractivity (Wildman–Crippen MR) is 167 cm³/mol. The van der Waals surface area contributed by atoms with E-state index in [1.54, 1.807) is 30.5 Å². The highest BCUT2D eigenvalue weighted by Crippen LogP contribution is 2.57. The summed E-state index contributed by atoms with van der Waals surface area (Å²) in [5.41, 5.74) is 8.02. The number of pyridine rings is 1. The van der Waals surface area contributed by atoms with Crippen LogP contribution in [0.2, 0.25) is 0 Å². The van der Waals surface area contributed by atoms with Gasteiger partial charge in [-0.1, -0.05) is 97.1 Å². The molecule has 0 atom stereocenters. The van der Waals surface area contributed by atoms with Gasteiger partial charge in [-0.05, 0) is 77.2 Å². The standard InChI is InChI=1S/C37H28N2O2S/c1-27-25-30(42(40,41)31-17-12-24-38-26-31)22-23-34(27)39-35-20-10-8-18-32(35)37(28-13-4-2-5-14-28,29-15-6-3-7-16-29)33-19-9-11-21-36(33)39/h2-26H,1H3. The zero-order chi connectivity index (χ0) is 28.7. The number of nitrogens with zero attached hydrogens (tertiary/aromatic N) is 2. The third kappa shape index (κ3) is 3.89. The molecule has 0 saturated heterocycles. The molecule has 0 radical (unpaired) electrons. The van der Waals surface area contributed by atoms with E-state index in [-0.39, 0.29) is 9.79 Å². The third-order valence-corrected chi connectivity index (χ3v) is 9.91. The highest BCUT2D eigenvalue weighted by Gasteiger charge is 2.46. The van der Waals surface area contributed by atoms with Crippen LogP contribution in [-0.4, -0.2) is 13.4 Å². The van der Waals surface area contributed by atoms with Gasteiger partial charge in [-0.3, -0.25) is 4.98 Å². The molecule has 5 heteroatoms. The molecular weight excluding hydrogens is 536 g/mol. The molecule has 0 fully saturated rings. The van der Waals surface area contributed by atoms with Crippen LogP contribution in [0.15, 0.2) is 162 Å². The number of fused-ring (bicyclic) bond motifs is 2. The van der Waals surface area contributed by atoms with Gasteiger partial charge in [-0.25, -0.2) is 8.42 Å². The summed E-state index contributed by atoms with van der Waals surface area (Å²) in [7, 11) is -3.70. The van der Waals surface area contributed by atoms with Crippen LogP contribution in [-0.2, 0) is 15.3 Å². The van der Waals surface area contributed by atoms with Crippen LogP contribution in [0.5, 0.6) is 0 Å². The van der Waals surface area contributed by atoms with Gasteiger partial charge in [0.05, 0.1) is 26.6 Å². The van der Waals surface area contributed by atoms with E-state index in [0.717, 1.165) is 33.8 Å². The molecule has 5 aromatic carbocycles. The first-order valence-electron chi connectivity index (χ1n) is 13.9. The van der Waals surface area contributed by atoms with Crippen molar-refractivity contribution < 1.29 is 8.42 Å². The molecule has 0 N–H and O–H groups in total. The van der Waals surface area contributed by atoms with E-state index in [2.05, 4.69) is 119 Å². The van der Waals surface area contributed by atoms with Gasteiger partial charge in [0.15, 0.2) is 0 Å². The zero-order valence-electron chi connectivity index (χ0n) is 23.1. The summed E-state index contributed by atoms with van der Waals surface area (Å²) in [6, 6.07) is 47.0. The van der Waals surface area contributed by atoms with Crippen LogP contribution in [0.3, 0.4) is 0 Å². The van der Waals surface area contributed by atoms with Crippen LogP contribution >= 0.6 is 0 Å². The van der Waals surface area contributed by atoms with Gasteiger partial charge in [0, 0.05) is 18.1 Å². The highest BCUT2D eigenvalue weighted by molar-refractivity contribution is 7.91. The fourth-order valence-electron chi connectivity index (χ4n) is 6.36. The summed E-state index contributed by atoms with van der Waals surface area (Å²) in [4.78, 5) is 6.71. The van der Waals surface area contributed by atoms with E-state index in [1.165, 1.54) is 17.3 Å². The van der Waals surface area contributed by atoms with Crippen molar-refractivity contribution in [3.05, 3.63) is 180 Å². The Labute approximate surface area is 246 Å². The number of hydrogen-bond acceptors (Lipinski definition) is 4. The van der Waals surface area contributed by atoms with Crippen LogP contribution in [0, 0.1) is 6.92 Å². The molecule has 204 valence electrons. The molecule has 6 aromatic rings. The minimum atomic E-state index is -3.70. The lowest BCUT2D eigenvalue weighted by atomic mass is 9.62. The lowest BCUT2D eigenvalue weighted by Crippen LogP contribution is -2.37. The second-order valence-electron chi connectivity index (χ2n) is 10.5. The van der Waals surface area contributed by atoms with E-state index in [9.17, 15) is 8.42 Å². The maximum absolute atomic E-state index is 13.4. The summed E-state index contributed by atoms with van der Waals surface area (Å²) in [6.07, 6.45) is 2.96. The molecule has 0 saturated carbocycles. The summed E-state index contributed by atoms with van der Waals surface area (Å²) < 4.78 is 26.8. The zero-order valence-corrected chi connectivity index (χ0v) is 23.9. The number of aryl methyl sites for hydroxylation is 1. The lowest BCUT2D eigenvalue weighted by Gasteiger charge is -2.46. The summed E-state index contributed by atoms with van der Waals surface area (Å²) >= 11 is 0. The molecule has 0 amide bonds. The Kier molecular flexibility index (Phi) is 6.25. The molecule has 1 aliphatic rings. The summed E-state index contributed by atoms with van der Waals surface area (Å²) in [5, 5.41) is 0. The minimum absolute atomic E-state index is 0.182. The van der Waals surface area contributed by atoms with Gasteiger partial charge in [0.25, 0.3) is 0 Å². The number of rotatable bonds is 5. The van der Waals surface area contributed by atoms with Gasteiger partial charge in [-0.15, -0.1) is 0 Å². The monoisotopic (exact) mass is 564 g/mol. The van der Waals surface area contributed by atoms with Crippen molar-refractivity contribution in [2.45, 2.75) is 22.1 Å². The normalized spacial score (nSPS) is 13.7. The largest absolute Gasteiger partial charge is 0.310 e. The fraction of sp³-hybridized carbons (Fsp3) is 0.0541. The van der Waals surface area contributed by atoms with Crippen molar-refractivity contribution in [1.82, 2.24) is 4.98 Å². The summed E-state index contributed by atoms with van der Waals surface area (Å²) in [6.45, 7) is 1.97. The first-order valence-corrected chi connectivity index (χ1v) is 15.4. The van der Waals surface area contributed by atoms with Crippen molar-refractivity contribution in [2.24, 2.45) is 0 Å². The second kappa shape index (κ2) is 10.1. The Balaban J connectivity index is 1.49. The van der Waals surface area contributed by atoms with Gasteiger partial charge >= 0.3 is 0 Å². The van der Waals surface area contributed by atoms with Crippen LogP contribution in [0.1, 0.15) is 27.8 Å². The number of sulfone groups is 1. The Morgan fingerprint density at radius 1 is 0.571 bits per heavy atom. The van der Waals surface area contributed by atoms with Gasteiger partial charge < -0.3 is 4.90 Å². The average molecular weight is 565 g/mol. The second-order valence-corrected chi connectivity index (χ2v) is 12.4. The molecular formula is C37H28N2O2S. The first-order chi connectivity index (χ1) is 20.5. The van der Waals surface area contributed by atoms with Crippen LogP contribution in [0.4, 0.5) is 17.1 Å². The van der Waals surface area contributed by atoms with E-state index in [0.29, 0.717) is 0 Å². The molecule has 4 nitrogen and oxygen atoms in total. The van der Waals surface area contributed by atoms with E-state index in [4.69, 9.17) is 0 Å². The molecule has 0 aliphatic carbocycles. The third-order valence-electron chi connectivity index (χ3n) is 8.18. The van der Waals surface area contributed by atoms with Crippen molar-refractivity contribution in [3.8, 4) is 0 Å². The topological polar surface area (TPSA) is 50.3 Å². The quantitative estimate of drug-likeness (QED) is 0.211. The molecule has 2 heterocycles. The molecule has 0 spiro atoms. The van der Waals surface area contributed by atoms with Crippen LogP contribution in [0.25, 0.3) is 0 Å². The Bertz CT molecular complexity index is 1920. The predicted octanol–water partition coefficient (Wildman–Crippen LogP) is 8.39. The Hall–Kier alpha value is -5.00. The maximum Gasteiger partial charge on any atom is 0.208 e. The van der Waals surface area contributed by atoms with Crippen molar-refractivity contribution in [2.75, 3.05) is 4.90 Å². The smallest absolute Gasteiger partial charge is 0.208 e. The average Bonchev–Trinajstić information content (AvgIpc) is 3.05. The van der Waals surface area contributed by atoms with E-state index < -0.39 is 15.3 Å². The number of anilines is 3. The van der Waals surface area contributed by atoms with Crippen molar-refractivity contribution in [1.29, 1.82) is 0 Å². The number of para-hydroxylation sites is 2. The molecule has 0 unspecified atom stereocenters. The lowest BCUT2D eigenvalue weighted by molar-refractivity contribution is 0.595. The Morgan fingerprint density at radius 2 is 1.12 bits per heavy atom. The van der Waals surface area contributed by atoms with E-state index in [1.807, 2.05) is 13.0 Å². The first kappa shape index (κ1) is 25.9. The molecule has 7 rings (SSSR count). The number of benzene rings is 5. The van der Waals surface area contributed by atoms with Crippen LogP contribution < -0.4 is 4.90 Å². The van der Waals surface area contributed by atoms with Crippen molar-refractivity contribution in [3.63, 3.8) is 0 Å². The SMILES string of the molecule is Cc1cc(S(=O)(=O)c2cccnc2)ccc1N1c2ccccc2C(c2ccccc2)(c2ccccc2)c2ccccc21. The Morgan fingerprint density at radius 3 is 1.64 bits per heavy atom. The molecule has 0 bridgehead atoms. The van der Waals surface area contributed by atoms with E-state index >= 15 is 0 Å². The van der Waals surface area contributed by atoms with Gasteiger partial charge in [0.1, 0.15) is 0 Å². The summed E-state index contributed by atoms with van der Waals surface area (Å²) in [5.74, 6) is 0. The molecule has 42 heavy (non-hydrogen) atoms. The fourth-order valence-corrected chi connectivity index (χ4v) is 7.67. The number of aromatic nitrogens is 1. The van der Waals surface area contributed by atoms with Gasteiger partial charge in [-0.2, -0.15) is 0 Å². The minimum Gasteiger partial charge on any atom is -0.310 e. The van der Waals surface area contributed by atoms with Gasteiger partial charge in [0.2, 0.25) is 9.84 Å².